The van der Waals surface area contributed by atoms with E-state index in [1.54, 1.807) is 24.3 Å². The van der Waals surface area contributed by atoms with Gasteiger partial charge in [-0.05, 0) is 35.9 Å². The molecule has 1 heterocycles. The third-order valence-electron chi connectivity index (χ3n) is 4.46. The van der Waals surface area contributed by atoms with E-state index in [9.17, 15) is 9.59 Å². The Morgan fingerprint density at radius 2 is 1.69 bits per heavy atom. The van der Waals surface area contributed by atoms with E-state index in [1.165, 1.54) is 6.07 Å². The van der Waals surface area contributed by atoms with Crippen LogP contribution < -0.4 is 15.7 Å². The molecule has 4 rings (SSSR count). The quantitative estimate of drug-likeness (QED) is 0.481. The lowest BCUT2D eigenvalue weighted by molar-refractivity contribution is -0.116. The standard InChI is InChI=1S/C24H19NO4/c26-23(25-19-11-12-21-18(16-19)10-13-24(27)29-21)14-15-28-22-9-5-4-8-20(22)17-6-2-1-3-7-17/h1-13,16H,14-15H2,(H,25,26). The molecule has 0 fully saturated rings. The summed E-state index contributed by atoms with van der Waals surface area (Å²) >= 11 is 0. The van der Waals surface area contributed by atoms with Gasteiger partial charge in [0.2, 0.25) is 5.91 Å². The number of benzene rings is 3. The van der Waals surface area contributed by atoms with Gasteiger partial charge in [-0.15, -0.1) is 0 Å². The highest BCUT2D eigenvalue weighted by molar-refractivity contribution is 5.93. The highest BCUT2D eigenvalue weighted by Gasteiger charge is 2.08. The Kier molecular flexibility index (Phi) is 5.38. The molecule has 0 aliphatic carbocycles. The number of carbonyl (C=O) groups is 1. The van der Waals surface area contributed by atoms with E-state index in [2.05, 4.69) is 5.32 Å². The molecule has 0 atom stereocenters. The Bertz CT molecular complexity index is 1200. The van der Waals surface area contributed by atoms with Gasteiger partial charge in [0.25, 0.3) is 0 Å². The van der Waals surface area contributed by atoms with Crippen molar-refractivity contribution in [3.8, 4) is 16.9 Å². The highest BCUT2D eigenvalue weighted by atomic mass is 16.5. The molecule has 0 saturated carbocycles. The third-order valence-corrected chi connectivity index (χ3v) is 4.46. The van der Waals surface area contributed by atoms with Crippen LogP contribution in [0.1, 0.15) is 6.42 Å². The minimum atomic E-state index is -0.401. The maximum absolute atomic E-state index is 12.3. The summed E-state index contributed by atoms with van der Waals surface area (Å²) in [5, 5.41) is 3.59. The van der Waals surface area contributed by atoms with Crippen LogP contribution in [0.3, 0.4) is 0 Å². The predicted octanol–water partition coefficient (Wildman–Crippen LogP) is 4.87. The molecule has 0 bridgehead atoms. The van der Waals surface area contributed by atoms with Crippen molar-refractivity contribution in [2.24, 2.45) is 0 Å². The first-order valence-electron chi connectivity index (χ1n) is 9.30. The summed E-state index contributed by atoms with van der Waals surface area (Å²) in [4.78, 5) is 23.5. The minimum absolute atomic E-state index is 0.154. The Balaban J connectivity index is 1.37. The number of carbonyl (C=O) groups excluding carboxylic acids is 1. The van der Waals surface area contributed by atoms with Gasteiger partial charge < -0.3 is 14.5 Å². The predicted molar refractivity (Wildman–Crippen MR) is 113 cm³/mol. The molecule has 1 N–H and O–H groups in total. The number of hydrogen-bond donors (Lipinski definition) is 1. The first kappa shape index (κ1) is 18.5. The zero-order valence-electron chi connectivity index (χ0n) is 15.6. The van der Waals surface area contributed by atoms with Crippen molar-refractivity contribution in [2.45, 2.75) is 6.42 Å². The number of rotatable bonds is 6. The number of hydrogen-bond acceptors (Lipinski definition) is 4. The Labute approximate surface area is 167 Å². The molecule has 1 amide bonds. The second kappa shape index (κ2) is 8.44. The number of nitrogens with one attached hydrogen (secondary N) is 1. The smallest absolute Gasteiger partial charge is 0.336 e. The molecule has 5 heteroatoms. The van der Waals surface area contributed by atoms with Gasteiger partial charge in [0.05, 0.1) is 13.0 Å². The van der Waals surface area contributed by atoms with Crippen LogP contribution in [0.15, 0.2) is 94.1 Å². The summed E-state index contributed by atoms with van der Waals surface area (Å²) < 4.78 is 11.0. The van der Waals surface area contributed by atoms with Crippen molar-refractivity contribution >= 4 is 22.6 Å². The number of amides is 1. The zero-order chi connectivity index (χ0) is 20.1. The fraction of sp³-hybridized carbons (Fsp3) is 0.0833. The van der Waals surface area contributed by atoms with E-state index in [-0.39, 0.29) is 18.9 Å². The number of ether oxygens (including phenoxy) is 1. The molecule has 144 valence electrons. The normalized spacial score (nSPS) is 10.6. The average Bonchev–Trinajstić information content (AvgIpc) is 2.75. The molecule has 0 unspecified atom stereocenters. The van der Waals surface area contributed by atoms with Crippen molar-refractivity contribution in [1.82, 2.24) is 0 Å². The van der Waals surface area contributed by atoms with Gasteiger partial charge in [-0.2, -0.15) is 0 Å². The van der Waals surface area contributed by atoms with Crippen LogP contribution in [-0.2, 0) is 4.79 Å². The van der Waals surface area contributed by atoms with E-state index in [4.69, 9.17) is 9.15 Å². The third kappa shape index (κ3) is 4.52. The van der Waals surface area contributed by atoms with Crippen LogP contribution >= 0.6 is 0 Å². The summed E-state index contributed by atoms with van der Waals surface area (Å²) in [6.45, 7) is 0.262. The molecule has 0 aliphatic rings. The summed E-state index contributed by atoms with van der Waals surface area (Å²) in [6.07, 6.45) is 0.213. The van der Waals surface area contributed by atoms with Gasteiger partial charge in [0.1, 0.15) is 11.3 Å². The fourth-order valence-corrected chi connectivity index (χ4v) is 3.08. The van der Waals surface area contributed by atoms with Crippen molar-refractivity contribution in [2.75, 3.05) is 11.9 Å². The van der Waals surface area contributed by atoms with E-state index < -0.39 is 5.63 Å². The van der Waals surface area contributed by atoms with E-state index in [0.717, 1.165) is 22.3 Å². The molecule has 5 nitrogen and oxygen atoms in total. The van der Waals surface area contributed by atoms with Gasteiger partial charge >= 0.3 is 5.63 Å². The second-order valence-corrected chi connectivity index (χ2v) is 6.52. The van der Waals surface area contributed by atoms with Gasteiger partial charge in [-0.3, -0.25) is 4.79 Å². The van der Waals surface area contributed by atoms with Crippen LogP contribution in [0.2, 0.25) is 0 Å². The van der Waals surface area contributed by atoms with Gasteiger partial charge in [-0.1, -0.05) is 48.5 Å². The molecular formula is C24H19NO4. The molecule has 0 saturated heterocycles. The van der Waals surface area contributed by atoms with Crippen LogP contribution in [0.25, 0.3) is 22.1 Å². The largest absolute Gasteiger partial charge is 0.492 e. The summed E-state index contributed by atoms with van der Waals surface area (Å²) in [5.74, 6) is 0.589. The molecule has 0 spiro atoms. The molecule has 0 aliphatic heterocycles. The maximum atomic E-state index is 12.3. The molecule has 4 aromatic rings. The monoisotopic (exact) mass is 385 g/mol. The summed E-state index contributed by atoms with van der Waals surface area (Å²) in [6, 6.07) is 25.9. The van der Waals surface area contributed by atoms with E-state index >= 15 is 0 Å². The highest BCUT2D eigenvalue weighted by Crippen LogP contribution is 2.29. The van der Waals surface area contributed by atoms with Crippen molar-refractivity contribution in [1.29, 1.82) is 0 Å². The van der Waals surface area contributed by atoms with Crippen LogP contribution in [-0.4, -0.2) is 12.5 Å². The first-order chi connectivity index (χ1) is 14.2. The molecule has 1 aromatic heterocycles. The SMILES string of the molecule is O=C(CCOc1ccccc1-c1ccccc1)Nc1ccc2oc(=O)ccc2c1. The molecular weight excluding hydrogens is 366 g/mol. The van der Waals surface area contributed by atoms with E-state index in [1.807, 2.05) is 54.6 Å². The van der Waals surface area contributed by atoms with Gasteiger partial charge in [0.15, 0.2) is 0 Å². The van der Waals surface area contributed by atoms with Crippen molar-refractivity contribution in [3.63, 3.8) is 0 Å². The van der Waals surface area contributed by atoms with Gasteiger partial charge in [0, 0.05) is 22.7 Å². The van der Waals surface area contributed by atoms with Crippen LogP contribution in [0, 0.1) is 0 Å². The molecule has 3 aromatic carbocycles. The lowest BCUT2D eigenvalue weighted by Gasteiger charge is -2.12. The summed E-state index contributed by atoms with van der Waals surface area (Å²) in [5.41, 5.74) is 2.78. The first-order valence-corrected chi connectivity index (χ1v) is 9.30. The van der Waals surface area contributed by atoms with Gasteiger partial charge in [-0.25, -0.2) is 4.79 Å². The fourth-order valence-electron chi connectivity index (χ4n) is 3.08. The van der Waals surface area contributed by atoms with Crippen LogP contribution in [0.5, 0.6) is 5.75 Å². The Hall–Kier alpha value is -3.86. The lowest BCUT2D eigenvalue weighted by atomic mass is 10.1. The number of fused-ring (bicyclic) bond motifs is 1. The molecule has 29 heavy (non-hydrogen) atoms. The number of para-hydroxylation sites is 1. The minimum Gasteiger partial charge on any atom is -0.492 e. The maximum Gasteiger partial charge on any atom is 0.336 e. The zero-order valence-corrected chi connectivity index (χ0v) is 15.6. The topological polar surface area (TPSA) is 68.5 Å². The van der Waals surface area contributed by atoms with Crippen molar-refractivity contribution < 1.29 is 13.9 Å². The van der Waals surface area contributed by atoms with Crippen molar-refractivity contribution in [3.05, 3.63) is 95.3 Å². The Morgan fingerprint density at radius 3 is 2.55 bits per heavy atom. The average molecular weight is 385 g/mol. The van der Waals surface area contributed by atoms with Crippen LogP contribution in [0.4, 0.5) is 5.69 Å². The second-order valence-electron chi connectivity index (χ2n) is 6.52. The molecule has 0 radical (unpaired) electrons. The Morgan fingerprint density at radius 1 is 0.897 bits per heavy atom. The lowest BCUT2D eigenvalue weighted by Crippen LogP contribution is -2.15. The summed E-state index contributed by atoms with van der Waals surface area (Å²) in [7, 11) is 0. The van der Waals surface area contributed by atoms with E-state index in [0.29, 0.717) is 11.3 Å². The number of anilines is 1.